The highest BCUT2D eigenvalue weighted by molar-refractivity contribution is 6.32. The Hall–Kier alpha value is -0.730. The molecule has 1 aromatic rings. The van der Waals surface area contributed by atoms with E-state index in [0.717, 1.165) is 11.1 Å². The van der Waals surface area contributed by atoms with E-state index in [1.807, 2.05) is 13.0 Å². The van der Waals surface area contributed by atoms with Crippen LogP contribution in [-0.4, -0.2) is 12.2 Å². The van der Waals surface area contributed by atoms with Gasteiger partial charge in [0.2, 0.25) is 0 Å². The van der Waals surface area contributed by atoms with Crippen LogP contribution in [0.25, 0.3) is 0 Å². The molecule has 1 aromatic carbocycles. The van der Waals surface area contributed by atoms with Gasteiger partial charge >= 0.3 is 0 Å². The smallest absolute Gasteiger partial charge is 0.140 e. The van der Waals surface area contributed by atoms with Gasteiger partial charge in [-0.2, -0.15) is 0 Å². The second kappa shape index (κ2) is 3.79. The number of hydrogen-bond donors (Lipinski definition) is 1. The number of ether oxygens (including phenoxy) is 1. The molecule has 0 aliphatic carbocycles. The summed E-state index contributed by atoms with van der Waals surface area (Å²) in [6, 6.07) is 3.56. The molecule has 1 N–H and O–H groups in total. The third kappa shape index (κ3) is 2.02. The van der Waals surface area contributed by atoms with Gasteiger partial charge in [-0.15, -0.1) is 0 Å². The van der Waals surface area contributed by atoms with Gasteiger partial charge in [-0.1, -0.05) is 17.7 Å². The summed E-state index contributed by atoms with van der Waals surface area (Å²) in [5.41, 5.74) is 0.841. The monoisotopic (exact) mass is 214 g/mol. The minimum absolute atomic E-state index is 0.568. The van der Waals surface area contributed by atoms with Crippen LogP contribution in [0.3, 0.4) is 0 Å². The summed E-state index contributed by atoms with van der Waals surface area (Å²) < 4.78 is 5.17. The van der Waals surface area contributed by atoms with E-state index in [2.05, 4.69) is 0 Å². The standard InChI is InChI=1S/C11H15ClO2/c1-7-8(11(2,3)13)5-6-9(12)10(7)14-4/h5-6,13H,1-4H3. The van der Waals surface area contributed by atoms with E-state index in [4.69, 9.17) is 16.3 Å². The van der Waals surface area contributed by atoms with Gasteiger partial charge in [0.05, 0.1) is 17.7 Å². The van der Waals surface area contributed by atoms with Gasteiger partial charge < -0.3 is 9.84 Å². The predicted octanol–water partition coefficient (Wildman–Crippen LogP) is 2.88. The van der Waals surface area contributed by atoms with Crippen LogP contribution in [0.15, 0.2) is 12.1 Å². The second-order valence-electron chi connectivity index (χ2n) is 3.81. The Bertz CT molecular complexity index is 340. The molecule has 0 heterocycles. The normalized spacial score (nSPS) is 11.6. The lowest BCUT2D eigenvalue weighted by Gasteiger charge is -2.22. The van der Waals surface area contributed by atoms with Crippen molar-refractivity contribution in [3.05, 3.63) is 28.3 Å². The SMILES string of the molecule is COc1c(Cl)ccc(C(C)(C)O)c1C. The lowest BCUT2D eigenvalue weighted by Crippen LogP contribution is -2.17. The van der Waals surface area contributed by atoms with Crippen molar-refractivity contribution in [3.63, 3.8) is 0 Å². The van der Waals surface area contributed by atoms with Crippen LogP contribution in [0.2, 0.25) is 5.02 Å². The summed E-state index contributed by atoms with van der Waals surface area (Å²) in [4.78, 5) is 0. The summed E-state index contributed by atoms with van der Waals surface area (Å²) in [6.45, 7) is 5.36. The molecule has 2 nitrogen and oxygen atoms in total. The van der Waals surface area contributed by atoms with Gasteiger partial charge in [0.25, 0.3) is 0 Å². The van der Waals surface area contributed by atoms with E-state index in [-0.39, 0.29) is 0 Å². The minimum Gasteiger partial charge on any atom is -0.495 e. The zero-order chi connectivity index (χ0) is 10.9. The van der Waals surface area contributed by atoms with Crippen LogP contribution in [0.5, 0.6) is 5.75 Å². The Morgan fingerprint density at radius 3 is 2.36 bits per heavy atom. The van der Waals surface area contributed by atoms with Gasteiger partial charge in [-0.05, 0) is 38.0 Å². The first kappa shape index (κ1) is 11.3. The zero-order valence-electron chi connectivity index (χ0n) is 8.89. The molecular weight excluding hydrogens is 200 g/mol. The molecule has 1 rings (SSSR count). The summed E-state index contributed by atoms with van der Waals surface area (Å²) in [6.07, 6.45) is 0. The molecule has 0 spiro atoms. The summed E-state index contributed by atoms with van der Waals surface area (Å²) in [5.74, 6) is 0.631. The van der Waals surface area contributed by atoms with Crippen molar-refractivity contribution in [2.45, 2.75) is 26.4 Å². The van der Waals surface area contributed by atoms with E-state index in [1.54, 1.807) is 27.0 Å². The zero-order valence-corrected chi connectivity index (χ0v) is 9.64. The van der Waals surface area contributed by atoms with Gasteiger partial charge in [0, 0.05) is 0 Å². The number of rotatable bonds is 2. The van der Waals surface area contributed by atoms with Crippen molar-refractivity contribution in [1.29, 1.82) is 0 Å². The average Bonchev–Trinajstić information content (AvgIpc) is 2.02. The lowest BCUT2D eigenvalue weighted by atomic mass is 9.93. The van der Waals surface area contributed by atoms with E-state index in [1.165, 1.54) is 0 Å². The van der Waals surface area contributed by atoms with Crippen molar-refractivity contribution in [2.75, 3.05) is 7.11 Å². The third-order valence-corrected chi connectivity index (χ3v) is 2.52. The lowest BCUT2D eigenvalue weighted by molar-refractivity contribution is 0.0776. The Balaban J connectivity index is 3.36. The van der Waals surface area contributed by atoms with Gasteiger partial charge in [0.1, 0.15) is 5.75 Å². The fraction of sp³-hybridized carbons (Fsp3) is 0.455. The first-order chi connectivity index (χ1) is 6.38. The quantitative estimate of drug-likeness (QED) is 0.821. The van der Waals surface area contributed by atoms with Crippen molar-refractivity contribution in [2.24, 2.45) is 0 Å². The van der Waals surface area contributed by atoms with Crippen LogP contribution >= 0.6 is 11.6 Å². The fourth-order valence-electron chi connectivity index (χ4n) is 1.57. The van der Waals surface area contributed by atoms with Crippen LogP contribution in [0.1, 0.15) is 25.0 Å². The van der Waals surface area contributed by atoms with E-state index < -0.39 is 5.60 Å². The average molecular weight is 215 g/mol. The summed E-state index contributed by atoms with van der Waals surface area (Å²) in [5, 5.41) is 10.4. The molecule has 0 saturated carbocycles. The van der Waals surface area contributed by atoms with Crippen molar-refractivity contribution in [3.8, 4) is 5.75 Å². The summed E-state index contributed by atoms with van der Waals surface area (Å²) in [7, 11) is 1.57. The highest BCUT2D eigenvalue weighted by Gasteiger charge is 2.21. The van der Waals surface area contributed by atoms with Crippen molar-refractivity contribution in [1.82, 2.24) is 0 Å². The number of halogens is 1. The fourth-order valence-corrected chi connectivity index (χ4v) is 1.85. The van der Waals surface area contributed by atoms with E-state index >= 15 is 0 Å². The Morgan fingerprint density at radius 1 is 1.36 bits per heavy atom. The highest BCUT2D eigenvalue weighted by atomic mass is 35.5. The Kier molecular flexibility index (Phi) is 3.07. The highest BCUT2D eigenvalue weighted by Crippen LogP contribution is 2.34. The molecule has 0 fully saturated rings. The third-order valence-electron chi connectivity index (χ3n) is 2.22. The van der Waals surface area contributed by atoms with Crippen LogP contribution < -0.4 is 4.74 Å². The predicted molar refractivity (Wildman–Crippen MR) is 58.0 cm³/mol. The van der Waals surface area contributed by atoms with E-state index in [0.29, 0.717) is 10.8 Å². The maximum absolute atomic E-state index is 9.88. The van der Waals surface area contributed by atoms with Gasteiger partial charge in [-0.3, -0.25) is 0 Å². The van der Waals surface area contributed by atoms with Gasteiger partial charge in [-0.25, -0.2) is 0 Å². The molecule has 0 amide bonds. The maximum atomic E-state index is 9.88. The molecule has 0 radical (unpaired) electrons. The number of hydrogen-bond acceptors (Lipinski definition) is 2. The molecule has 0 aliphatic heterocycles. The number of aliphatic hydroxyl groups is 1. The second-order valence-corrected chi connectivity index (χ2v) is 4.22. The molecule has 0 bridgehead atoms. The van der Waals surface area contributed by atoms with Crippen molar-refractivity contribution < 1.29 is 9.84 Å². The summed E-state index contributed by atoms with van der Waals surface area (Å²) >= 11 is 5.95. The molecule has 0 aliphatic rings. The molecule has 78 valence electrons. The molecular formula is C11H15ClO2. The topological polar surface area (TPSA) is 29.5 Å². The first-order valence-electron chi connectivity index (χ1n) is 4.44. The maximum Gasteiger partial charge on any atom is 0.140 e. The first-order valence-corrected chi connectivity index (χ1v) is 4.81. The molecule has 0 aromatic heterocycles. The number of methoxy groups -OCH3 is 1. The van der Waals surface area contributed by atoms with E-state index in [9.17, 15) is 5.11 Å². The van der Waals surface area contributed by atoms with Gasteiger partial charge in [0.15, 0.2) is 0 Å². The van der Waals surface area contributed by atoms with Crippen LogP contribution in [-0.2, 0) is 5.60 Å². The van der Waals surface area contributed by atoms with Crippen LogP contribution in [0.4, 0.5) is 0 Å². The molecule has 14 heavy (non-hydrogen) atoms. The largest absolute Gasteiger partial charge is 0.495 e. The Morgan fingerprint density at radius 2 is 1.93 bits per heavy atom. The Labute approximate surface area is 89.5 Å². The molecule has 3 heteroatoms. The van der Waals surface area contributed by atoms with Crippen LogP contribution in [0, 0.1) is 6.92 Å². The minimum atomic E-state index is -0.873. The van der Waals surface area contributed by atoms with Crippen molar-refractivity contribution >= 4 is 11.6 Å². The molecule has 0 unspecified atom stereocenters. The molecule has 0 saturated heterocycles. The molecule has 0 atom stereocenters. The number of benzene rings is 1.